The molecule has 0 amide bonds. The molecule has 2 aliphatic heterocycles. The van der Waals surface area contributed by atoms with E-state index in [-0.39, 0.29) is 11.5 Å². The van der Waals surface area contributed by atoms with Crippen LogP contribution in [-0.2, 0) is 14.3 Å². The number of esters is 1. The van der Waals surface area contributed by atoms with Gasteiger partial charge in [-0.2, -0.15) is 5.10 Å². The number of carbonyl (C=O) groups is 1. The number of benzene rings is 1. The summed E-state index contributed by atoms with van der Waals surface area (Å²) in [6, 6.07) is 5.79. The third kappa shape index (κ3) is 3.06. The molecule has 7 nitrogen and oxygen atoms in total. The Labute approximate surface area is 152 Å². The molecule has 2 heterocycles. The van der Waals surface area contributed by atoms with E-state index in [0.29, 0.717) is 24.5 Å². The molecule has 0 aromatic heterocycles. The predicted molar refractivity (Wildman–Crippen MR) is 101 cm³/mol. The molecule has 0 saturated carbocycles. The highest BCUT2D eigenvalue weighted by Gasteiger charge is 2.34. The van der Waals surface area contributed by atoms with Crippen LogP contribution in [0.3, 0.4) is 0 Å². The van der Waals surface area contributed by atoms with Crippen LogP contribution in [0.1, 0.15) is 25.0 Å². The van der Waals surface area contributed by atoms with Crippen molar-refractivity contribution in [1.29, 1.82) is 0 Å². The molecule has 1 aromatic carbocycles. The third-order valence-electron chi connectivity index (χ3n) is 4.46. The van der Waals surface area contributed by atoms with Crippen molar-refractivity contribution in [1.82, 2.24) is 5.01 Å². The maximum absolute atomic E-state index is 12.2. The van der Waals surface area contributed by atoms with E-state index >= 15 is 0 Å². The Morgan fingerprint density at radius 3 is 2.62 bits per heavy atom. The fraction of sp³-hybridized carbons (Fsp3) is 0.368. The van der Waals surface area contributed by atoms with Gasteiger partial charge in [0, 0.05) is 36.1 Å². The van der Waals surface area contributed by atoms with Crippen LogP contribution in [0.15, 0.2) is 35.1 Å². The first-order valence-corrected chi connectivity index (χ1v) is 8.56. The predicted octanol–water partition coefficient (Wildman–Crippen LogP) is 2.60. The van der Waals surface area contributed by atoms with Gasteiger partial charge in [0.2, 0.25) is 0 Å². The van der Waals surface area contributed by atoms with Gasteiger partial charge in [0.1, 0.15) is 0 Å². The van der Waals surface area contributed by atoms with Gasteiger partial charge in [0.15, 0.2) is 11.5 Å². The summed E-state index contributed by atoms with van der Waals surface area (Å²) in [4.78, 5) is 14.5. The average molecular weight is 357 g/mol. The normalized spacial score (nSPS) is 19.3. The summed E-state index contributed by atoms with van der Waals surface area (Å²) in [6.45, 7) is 6.63. The van der Waals surface area contributed by atoms with Crippen LogP contribution in [0.5, 0.6) is 0 Å². The fourth-order valence-electron chi connectivity index (χ4n) is 3.22. The van der Waals surface area contributed by atoms with Crippen LogP contribution < -0.4 is 4.90 Å². The minimum absolute atomic E-state index is 0.00493. The molecule has 138 valence electrons. The fourth-order valence-corrected chi connectivity index (χ4v) is 3.22. The Bertz CT molecular complexity index is 792. The van der Waals surface area contributed by atoms with Gasteiger partial charge in [0.25, 0.3) is 0 Å². The summed E-state index contributed by atoms with van der Waals surface area (Å²) >= 11 is 0. The van der Waals surface area contributed by atoms with E-state index in [1.54, 1.807) is 13.1 Å². The van der Waals surface area contributed by atoms with Gasteiger partial charge < -0.3 is 19.5 Å². The van der Waals surface area contributed by atoms with E-state index in [9.17, 15) is 9.90 Å². The number of nitrogens with zero attached hydrogens (tertiary/aromatic N) is 3. The van der Waals surface area contributed by atoms with Crippen LogP contribution in [-0.4, -0.2) is 55.7 Å². The smallest absolute Gasteiger partial charge is 0.360 e. The summed E-state index contributed by atoms with van der Waals surface area (Å²) < 4.78 is 10.3. The zero-order chi connectivity index (χ0) is 18.7. The maximum atomic E-state index is 12.2. The molecule has 0 radical (unpaired) electrons. The second-order valence-corrected chi connectivity index (χ2v) is 5.88. The summed E-state index contributed by atoms with van der Waals surface area (Å²) in [5.74, 6) is -0.785. The van der Waals surface area contributed by atoms with Gasteiger partial charge in [-0.3, -0.25) is 0 Å². The number of hydrogen-bond donors (Lipinski definition) is 1. The Kier molecular flexibility index (Phi) is 5.27. The molecule has 7 heteroatoms. The highest BCUT2D eigenvalue weighted by atomic mass is 16.5. The summed E-state index contributed by atoms with van der Waals surface area (Å²) in [7, 11) is 1.28. The SMILES string of the molecule is C/C=N\N1C(C(=O)OC)=C(O)c2ccc(N3CCOCC3)cc2/C1=C\C. The molecular formula is C19H23N3O4. The molecule has 0 spiro atoms. The number of carbonyl (C=O) groups excluding carboxylic acids is 1. The lowest BCUT2D eigenvalue weighted by Gasteiger charge is -2.33. The molecule has 2 aliphatic rings. The third-order valence-corrected chi connectivity index (χ3v) is 4.46. The highest BCUT2D eigenvalue weighted by molar-refractivity contribution is 6.01. The minimum Gasteiger partial charge on any atom is -0.505 e. The first-order chi connectivity index (χ1) is 12.6. The first-order valence-electron chi connectivity index (χ1n) is 8.56. The second-order valence-electron chi connectivity index (χ2n) is 5.88. The van der Waals surface area contributed by atoms with E-state index in [1.165, 1.54) is 12.1 Å². The number of fused-ring (bicyclic) bond motifs is 1. The second kappa shape index (κ2) is 7.61. The van der Waals surface area contributed by atoms with Crippen molar-refractivity contribution in [3.05, 3.63) is 41.1 Å². The van der Waals surface area contributed by atoms with Crippen molar-refractivity contribution in [3.63, 3.8) is 0 Å². The summed E-state index contributed by atoms with van der Waals surface area (Å²) in [6.07, 6.45) is 3.43. The molecule has 1 N–H and O–H groups in total. The lowest BCUT2D eigenvalue weighted by atomic mass is 9.96. The van der Waals surface area contributed by atoms with Crippen molar-refractivity contribution in [2.24, 2.45) is 5.10 Å². The van der Waals surface area contributed by atoms with Crippen molar-refractivity contribution in [2.45, 2.75) is 13.8 Å². The Morgan fingerprint density at radius 2 is 2.00 bits per heavy atom. The number of aliphatic hydroxyl groups excluding tert-OH is 1. The van der Waals surface area contributed by atoms with Gasteiger partial charge in [-0.15, -0.1) is 0 Å². The number of rotatable bonds is 3. The Hall–Kier alpha value is -2.80. The van der Waals surface area contributed by atoms with Gasteiger partial charge >= 0.3 is 5.97 Å². The lowest BCUT2D eigenvalue weighted by molar-refractivity contribution is -0.137. The lowest BCUT2D eigenvalue weighted by Crippen LogP contribution is -2.36. The topological polar surface area (TPSA) is 74.6 Å². The van der Waals surface area contributed by atoms with Gasteiger partial charge in [-0.05, 0) is 32.0 Å². The molecule has 0 atom stereocenters. The van der Waals surface area contributed by atoms with Gasteiger partial charge in [0.05, 0.1) is 26.0 Å². The largest absolute Gasteiger partial charge is 0.505 e. The number of allylic oxidation sites excluding steroid dienone is 1. The van der Waals surface area contributed by atoms with E-state index < -0.39 is 5.97 Å². The molecule has 0 bridgehead atoms. The summed E-state index contributed by atoms with van der Waals surface area (Å²) in [5, 5.41) is 16.4. The highest BCUT2D eigenvalue weighted by Crippen LogP contribution is 2.39. The van der Waals surface area contributed by atoms with E-state index in [4.69, 9.17) is 9.47 Å². The van der Waals surface area contributed by atoms with Crippen molar-refractivity contribution < 1.29 is 19.4 Å². The zero-order valence-electron chi connectivity index (χ0n) is 15.2. The van der Waals surface area contributed by atoms with Crippen LogP contribution in [0.2, 0.25) is 0 Å². The molecule has 3 rings (SSSR count). The molecule has 1 fully saturated rings. The van der Waals surface area contributed by atoms with Crippen molar-refractivity contribution in [2.75, 3.05) is 38.3 Å². The van der Waals surface area contributed by atoms with Gasteiger partial charge in [-0.1, -0.05) is 6.08 Å². The van der Waals surface area contributed by atoms with Crippen LogP contribution >= 0.6 is 0 Å². The number of ether oxygens (including phenoxy) is 2. The molecule has 0 unspecified atom stereocenters. The molecular weight excluding hydrogens is 334 g/mol. The van der Waals surface area contributed by atoms with Crippen molar-refractivity contribution >= 4 is 29.3 Å². The molecule has 0 aliphatic carbocycles. The van der Waals surface area contributed by atoms with E-state index in [1.807, 2.05) is 31.2 Å². The zero-order valence-corrected chi connectivity index (χ0v) is 15.2. The first kappa shape index (κ1) is 18.0. The number of methoxy groups -OCH3 is 1. The van der Waals surface area contributed by atoms with Crippen LogP contribution in [0, 0.1) is 0 Å². The number of hydrazone groups is 1. The molecule has 1 aromatic rings. The average Bonchev–Trinajstić information content (AvgIpc) is 2.68. The van der Waals surface area contributed by atoms with Crippen molar-refractivity contribution in [3.8, 4) is 0 Å². The van der Waals surface area contributed by atoms with Gasteiger partial charge in [-0.25, -0.2) is 9.80 Å². The standard InChI is InChI=1S/C19H23N3O4/c1-4-16-15-12-13(21-8-10-26-11-9-21)6-7-14(15)18(23)17(19(24)25-3)22(16)20-5-2/h4-7,12,23H,8-11H2,1-3H3/b16-4+,20-5-. The van der Waals surface area contributed by atoms with E-state index in [2.05, 4.69) is 10.0 Å². The summed E-state index contributed by atoms with van der Waals surface area (Å²) in [5.41, 5.74) is 3.16. The number of morpholine rings is 1. The minimum atomic E-state index is -0.643. The Morgan fingerprint density at radius 1 is 1.27 bits per heavy atom. The monoisotopic (exact) mass is 357 g/mol. The van der Waals surface area contributed by atoms with Crippen LogP contribution in [0.4, 0.5) is 5.69 Å². The number of hydrogen-bond acceptors (Lipinski definition) is 7. The molecule has 1 saturated heterocycles. The van der Waals surface area contributed by atoms with Crippen LogP contribution in [0.25, 0.3) is 11.5 Å². The Balaban J connectivity index is 2.15. The van der Waals surface area contributed by atoms with E-state index in [0.717, 1.165) is 24.3 Å². The number of anilines is 1. The number of aliphatic hydroxyl groups is 1. The quantitative estimate of drug-likeness (QED) is 0.662. The maximum Gasteiger partial charge on any atom is 0.360 e. The molecule has 26 heavy (non-hydrogen) atoms.